The Morgan fingerprint density at radius 1 is 0.667 bits per heavy atom. The van der Waals surface area contributed by atoms with Crippen molar-refractivity contribution in [1.82, 2.24) is 0 Å². The first kappa shape index (κ1) is 12.6. The molecule has 1 aliphatic rings. The van der Waals surface area contributed by atoms with Crippen molar-refractivity contribution in [2.45, 2.75) is 6.16 Å². The average molecular weight is 290 g/mol. The van der Waals surface area contributed by atoms with E-state index in [1.807, 2.05) is 6.07 Å². The quantitative estimate of drug-likeness (QED) is 0.606. The Balaban J connectivity index is 1.78. The van der Waals surface area contributed by atoms with Gasteiger partial charge in [-0.3, -0.25) is 0 Å². The minimum Gasteiger partial charge on any atom is -0.468 e. The van der Waals surface area contributed by atoms with Gasteiger partial charge in [0.2, 0.25) is 0 Å². The molecule has 1 unspecified atom stereocenters. The van der Waals surface area contributed by atoms with E-state index in [2.05, 4.69) is 72.8 Å². The van der Waals surface area contributed by atoms with Gasteiger partial charge in [-0.25, -0.2) is 0 Å². The SMILES string of the molecule is c1ccc(CP2Oc3ccccc3-c3ccccc32)cc1. The molecule has 0 saturated heterocycles. The molecule has 102 valence electrons. The first-order valence-corrected chi connectivity index (χ1v) is 8.54. The van der Waals surface area contributed by atoms with Crippen LogP contribution in [0.15, 0.2) is 78.9 Å². The van der Waals surface area contributed by atoms with Crippen LogP contribution in [0.3, 0.4) is 0 Å². The molecule has 0 aliphatic carbocycles. The predicted octanol–water partition coefficient (Wildman–Crippen LogP) is 4.97. The van der Waals surface area contributed by atoms with E-state index in [0.29, 0.717) is 0 Å². The summed E-state index contributed by atoms with van der Waals surface area (Å²) >= 11 is 0. The van der Waals surface area contributed by atoms with Crippen molar-refractivity contribution in [1.29, 1.82) is 0 Å². The fraction of sp³-hybridized carbons (Fsp3) is 0.0526. The molecule has 1 heterocycles. The number of benzene rings is 3. The number of hydrogen-bond acceptors (Lipinski definition) is 1. The van der Waals surface area contributed by atoms with Crippen LogP contribution in [0.2, 0.25) is 0 Å². The van der Waals surface area contributed by atoms with Gasteiger partial charge in [0.15, 0.2) is 0 Å². The molecular formula is C19H15OP. The summed E-state index contributed by atoms with van der Waals surface area (Å²) in [7, 11) is -0.650. The fourth-order valence-electron chi connectivity index (χ4n) is 2.72. The van der Waals surface area contributed by atoms with Gasteiger partial charge in [-0.1, -0.05) is 72.8 Å². The van der Waals surface area contributed by atoms with Crippen molar-refractivity contribution >= 4 is 13.5 Å². The molecule has 2 heteroatoms. The maximum Gasteiger partial charge on any atom is 0.131 e. The lowest BCUT2D eigenvalue weighted by Crippen LogP contribution is -2.15. The second kappa shape index (κ2) is 5.35. The van der Waals surface area contributed by atoms with Crippen molar-refractivity contribution in [3.05, 3.63) is 84.4 Å². The largest absolute Gasteiger partial charge is 0.468 e. The summed E-state index contributed by atoms with van der Waals surface area (Å²) in [6.07, 6.45) is 0.960. The Morgan fingerprint density at radius 2 is 1.33 bits per heavy atom. The minimum absolute atomic E-state index is 0.650. The molecule has 0 aromatic heterocycles. The third kappa shape index (κ3) is 2.34. The Hall–Kier alpha value is -2.11. The van der Waals surface area contributed by atoms with Crippen LogP contribution in [0.5, 0.6) is 5.75 Å². The molecular weight excluding hydrogens is 275 g/mol. The molecule has 0 radical (unpaired) electrons. The summed E-state index contributed by atoms with van der Waals surface area (Å²) in [5.41, 5.74) is 3.86. The van der Waals surface area contributed by atoms with Gasteiger partial charge in [-0.05, 0) is 17.2 Å². The summed E-state index contributed by atoms with van der Waals surface area (Å²) in [4.78, 5) is 0. The van der Waals surface area contributed by atoms with E-state index in [1.165, 1.54) is 22.0 Å². The molecule has 1 aliphatic heterocycles. The minimum atomic E-state index is -0.650. The highest BCUT2D eigenvalue weighted by Crippen LogP contribution is 2.50. The number of rotatable bonds is 2. The lowest BCUT2D eigenvalue weighted by molar-refractivity contribution is 0.619. The zero-order valence-corrected chi connectivity index (χ0v) is 12.5. The van der Waals surface area contributed by atoms with Crippen LogP contribution in [0.1, 0.15) is 5.56 Å². The first-order chi connectivity index (χ1) is 10.4. The van der Waals surface area contributed by atoms with E-state index in [4.69, 9.17) is 4.52 Å². The molecule has 21 heavy (non-hydrogen) atoms. The van der Waals surface area contributed by atoms with Crippen molar-refractivity contribution in [2.24, 2.45) is 0 Å². The molecule has 3 aromatic carbocycles. The molecule has 0 amide bonds. The summed E-state index contributed by atoms with van der Waals surface area (Å²) in [6.45, 7) is 0. The molecule has 0 fully saturated rings. The van der Waals surface area contributed by atoms with E-state index in [0.717, 1.165) is 11.9 Å². The standard InChI is InChI=1S/C19H15OP/c1-2-8-15(9-3-1)14-21-19-13-7-5-11-17(19)16-10-4-6-12-18(16)20-21/h1-13H,14H2. The molecule has 1 nitrogen and oxygen atoms in total. The highest BCUT2D eigenvalue weighted by molar-refractivity contribution is 7.61. The Morgan fingerprint density at radius 3 is 2.19 bits per heavy atom. The third-order valence-electron chi connectivity index (χ3n) is 3.73. The van der Waals surface area contributed by atoms with Crippen LogP contribution in [0.4, 0.5) is 0 Å². The van der Waals surface area contributed by atoms with Crippen molar-refractivity contribution in [2.75, 3.05) is 0 Å². The topological polar surface area (TPSA) is 9.23 Å². The number of para-hydroxylation sites is 1. The predicted molar refractivity (Wildman–Crippen MR) is 89.2 cm³/mol. The normalized spacial score (nSPS) is 15.7. The van der Waals surface area contributed by atoms with Gasteiger partial charge in [-0.2, -0.15) is 0 Å². The van der Waals surface area contributed by atoms with Crippen molar-refractivity contribution < 1.29 is 4.52 Å². The number of hydrogen-bond donors (Lipinski definition) is 0. The highest BCUT2D eigenvalue weighted by Gasteiger charge is 2.25. The lowest BCUT2D eigenvalue weighted by atomic mass is 10.0. The monoisotopic (exact) mass is 290 g/mol. The van der Waals surface area contributed by atoms with Crippen molar-refractivity contribution in [3.8, 4) is 16.9 Å². The van der Waals surface area contributed by atoms with Crippen LogP contribution in [-0.4, -0.2) is 0 Å². The average Bonchev–Trinajstić information content (AvgIpc) is 2.56. The van der Waals surface area contributed by atoms with Crippen LogP contribution in [0, 0.1) is 0 Å². The van der Waals surface area contributed by atoms with Gasteiger partial charge in [0.1, 0.15) is 13.9 Å². The Labute approximate surface area is 126 Å². The second-order valence-corrected chi connectivity index (χ2v) is 6.86. The number of fused-ring (bicyclic) bond motifs is 3. The zero-order valence-electron chi connectivity index (χ0n) is 11.6. The van der Waals surface area contributed by atoms with E-state index in [1.54, 1.807) is 0 Å². The van der Waals surface area contributed by atoms with Gasteiger partial charge in [0.25, 0.3) is 0 Å². The molecule has 0 saturated carbocycles. The first-order valence-electron chi connectivity index (χ1n) is 7.10. The van der Waals surface area contributed by atoms with E-state index in [9.17, 15) is 0 Å². The van der Waals surface area contributed by atoms with Gasteiger partial charge in [0.05, 0.1) is 0 Å². The van der Waals surface area contributed by atoms with Crippen LogP contribution >= 0.6 is 8.15 Å². The van der Waals surface area contributed by atoms with Gasteiger partial charge < -0.3 is 4.52 Å². The summed E-state index contributed by atoms with van der Waals surface area (Å²) in [5.74, 6) is 1.01. The fourth-order valence-corrected chi connectivity index (χ4v) is 4.71. The van der Waals surface area contributed by atoms with E-state index in [-0.39, 0.29) is 0 Å². The molecule has 0 spiro atoms. The third-order valence-corrected chi connectivity index (χ3v) is 5.72. The second-order valence-electron chi connectivity index (χ2n) is 5.13. The maximum absolute atomic E-state index is 6.33. The summed E-state index contributed by atoms with van der Waals surface area (Å²) < 4.78 is 6.33. The van der Waals surface area contributed by atoms with Gasteiger partial charge >= 0.3 is 0 Å². The van der Waals surface area contributed by atoms with Gasteiger partial charge in [-0.15, -0.1) is 0 Å². The van der Waals surface area contributed by atoms with Gasteiger partial charge in [0, 0.05) is 17.0 Å². The lowest BCUT2D eigenvalue weighted by Gasteiger charge is -2.28. The smallest absolute Gasteiger partial charge is 0.131 e. The summed E-state index contributed by atoms with van der Waals surface area (Å²) in [5, 5.41) is 1.34. The molecule has 3 aromatic rings. The maximum atomic E-state index is 6.33. The molecule has 4 rings (SSSR count). The van der Waals surface area contributed by atoms with Crippen molar-refractivity contribution in [3.63, 3.8) is 0 Å². The Bertz CT molecular complexity index is 765. The zero-order chi connectivity index (χ0) is 14.1. The van der Waals surface area contributed by atoms with Crippen LogP contribution < -0.4 is 9.83 Å². The highest BCUT2D eigenvalue weighted by atomic mass is 31.1. The van der Waals surface area contributed by atoms with Crippen LogP contribution in [-0.2, 0) is 6.16 Å². The Kier molecular flexibility index (Phi) is 3.21. The van der Waals surface area contributed by atoms with E-state index >= 15 is 0 Å². The molecule has 0 N–H and O–H groups in total. The van der Waals surface area contributed by atoms with Crippen LogP contribution in [0.25, 0.3) is 11.1 Å². The van der Waals surface area contributed by atoms with E-state index < -0.39 is 8.15 Å². The molecule has 0 bridgehead atoms. The molecule has 1 atom stereocenters. The summed E-state index contributed by atoms with van der Waals surface area (Å²) in [6, 6.07) is 27.6.